The van der Waals surface area contributed by atoms with Gasteiger partial charge in [-0.15, -0.1) is 0 Å². The van der Waals surface area contributed by atoms with Crippen LogP contribution in [0.4, 0.5) is 11.4 Å². The van der Waals surface area contributed by atoms with Crippen molar-refractivity contribution in [3.05, 3.63) is 82.9 Å². The van der Waals surface area contributed by atoms with E-state index in [1.807, 2.05) is 42.5 Å². The fourth-order valence-electron chi connectivity index (χ4n) is 4.01. The molecule has 0 aliphatic carbocycles. The molecular formula is C26H32N2O3S. The summed E-state index contributed by atoms with van der Waals surface area (Å²) in [6, 6.07) is 20.1. The third-order valence-electron chi connectivity index (χ3n) is 5.79. The first-order chi connectivity index (χ1) is 15.1. The summed E-state index contributed by atoms with van der Waals surface area (Å²) in [6.07, 6.45) is 0. The van der Waals surface area contributed by atoms with E-state index in [0.717, 1.165) is 45.4 Å². The number of aryl methyl sites for hydroxylation is 1. The highest BCUT2D eigenvalue weighted by Crippen LogP contribution is 2.44. The number of hydrogen-bond acceptors (Lipinski definition) is 5. The molecule has 1 aliphatic rings. The maximum atomic E-state index is 13.2. The number of nitrogens with one attached hydrogen (secondary N) is 1. The van der Waals surface area contributed by atoms with Gasteiger partial charge in [0, 0.05) is 19.6 Å². The van der Waals surface area contributed by atoms with Crippen LogP contribution in [-0.4, -0.2) is 29.2 Å². The van der Waals surface area contributed by atoms with Crippen LogP contribution in [0.3, 0.4) is 0 Å². The Kier molecular flexibility index (Phi) is 8.21. The first-order valence-electron chi connectivity index (χ1n) is 10.5. The maximum absolute atomic E-state index is 13.2. The lowest BCUT2D eigenvalue weighted by Crippen LogP contribution is -2.32. The Morgan fingerprint density at radius 1 is 0.969 bits per heavy atom. The summed E-state index contributed by atoms with van der Waals surface area (Å²) in [7, 11) is -1.17. The SMILES string of the molecule is C.Cc1ccc2c(c1C)N(CCNCc1ccccc1COCO)c1ccccc1S2=O. The van der Waals surface area contributed by atoms with Crippen molar-refractivity contribution in [2.75, 3.05) is 24.8 Å². The topological polar surface area (TPSA) is 61.8 Å². The van der Waals surface area contributed by atoms with Crippen LogP contribution in [0, 0.1) is 13.8 Å². The molecule has 32 heavy (non-hydrogen) atoms. The molecule has 4 rings (SSSR count). The van der Waals surface area contributed by atoms with Gasteiger partial charge in [-0.1, -0.05) is 49.9 Å². The summed E-state index contributed by atoms with van der Waals surface area (Å²) in [6.45, 7) is 6.56. The van der Waals surface area contributed by atoms with Crippen LogP contribution < -0.4 is 10.2 Å². The standard InChI is InChI=1S/C25H28N2O3S.CH4/c1-18-11-12-24-25(19(18)2)27(22-9-5-6-10-23(22)31(24)29)14-13-26-15-20-7-3-4-8-21(20)16-30-17-28;/h3-12,26,28H,13-17H2,1-2H3;1H4. The van der Waals surface area contributed by atoms with Crippen molar-refractivity contribution in [1.29, 1.82) is 0 Å². The van der Waals surface area contributed by atoms with Crippen LogP contribution in [0.5, 0.6) is 0 Å². The molecule has 0 aromatic heterocycles. The highest BCUT2D eigenvalue weighted by atomic mass is 32.2. The lowest BCUT2D eigenvalue weighted by Gasteiger charge is -2.34. The largest absolute Gasteiger partial charge is 0.371 e. The second kappa shape index (κ2) is 10.9. The molecule has 0 radical (unpaired) electrons. The molecule has 0 saturated heterocycles. The van der Waals surface area contributed by atoms with E-state index in [1.165, 1.54) is 11.1 Å². The molecule has 0 fully saturated rings. The zero-order valence-corrected chi connectivity index (χ0v) is 18.7. The van der Waals surface area contributed by atoms with Gasteiger partial charge in [0.15, 0.2) is 0 Å². The molecule has 6 heteroatoms. The van der Waals surface area contributed by atoms with Gasteiger partial charge in [0.05, 0.1) is 38.6 Å². The van der Waals surface area contributed by atoms with E-state index >= 15 is 0 Å². The van der Waals surface area contributed by atoms with Crippen molar-refractivity contribution < 1.29 is 14.1 Å². The van der Waals surface area contributed by atoms with Crippen molar-refractivity contribution >= 4 is 22.2 Å². The molecule has 3 aromatic carbocycles. The van der Waals surface area contributed by atoms with E-state index in [1.54, 1.807) is 0 Å². The summed E-state index contributed by atoms with van der Waals surface area (Å²) < 4.78 is 18.4. The van der Waals surface area contributed by atoms with Crippen LogP contribution in [0.1, 0.15) is 29.7 Å². The quantitative estimate of drug-likeness (QED) is 0.379. The van der Waals surface area contributed by atoms with Crippen molar-refractivity contribution in [3.63, 3.8) is 0 Å². The molecule has 5 nitrogen and oxygen atoms in total. The first kappa shape index (κ1) is 24.1. The predicted octanol–water partition coefficient (Wildman–Crippen LogP) is 4.81. The monoisotopic (exact) mass is 452 g/mol. The lowest BCUT2D eigenvalue weighted by atomic mass is 10.1. The molecule has 0 spiro atoms. The van der Waals surface area contributed by atoms with Gasteiger partial charge in [-0.3, -0.25) is 0 Å². The number of ether oxygens (including phenoxy) is 1. The summed E-state index contributed by atoms with van der Waals surface area (Å²) in [5.41, 5.74) is 6.68. The molecule has 1 atom stereocenters. The van der Waals surface area contributed by atoms with E-state index in [2.05, 4.69) is 42.3 Å². The predicted molar refractivity (Wildman–Crippen MR) is 131 cm³/mol. The van der Waals surface area contributed by atoms with Crippen LogP contribution in [0.25, 0.3) is 0 Å². The van der Waals surface area contributed by atoms with Crippen LogP contribution >= 0.6 is 0 Å². The number of nitrogens with zero attached hydrogens (tertiary/aromatic N) is 1. The number of anilines is 2. The number of hydrogen-bond donors (Lipinski definition) is 2. The van der Waals surface area contributed by atoms with Crippen molar-refractivity contribution in [1.82, 2.24) is 5.32 Å². The Hall–Kier alpha value is -2.51. The number of rotatable bonds is 8. The molecule has 2 N–H and O–H groups in total. The fraction of sp³-hybridized carbons (Fsp3) is 0.308. The molecule has 1 unspecified atom stereocenters. The summed E-state index contributed by atoms with van der Waals surface area (Å²) in [5.74, 6) is 0. The van der Waals surface area contributed by atoms with E-state index in [0.29, 0.717) is 13.2 Å². The number of fused-ring (bicyclic) bond motifs is 2. The van der Waals surface area contributed by atoms with Crippen LogP contribution in [-0.2, 0) is 28.7 Å². The summed E-state index contributed by atoms with van der Waals surface area (Å²) >= 11 is 0. The number of aliphatic hydroxyl groups excluding tert-OH is 1. The highest BCUT2D eigenvalue weighted by Gasteiger charge is 2.29. The second-order valence-corrected chi connectivity index (χ2v) is 9.08. The highest BCUT2D eigenvalue weighted by molar-refractivity contribution is 7.85. The van der Waals surface area contributed by atoms with Crippen LogP contribution in [0.2, 0.25) is 0 Å². The van der Waals surface area contributed by atoms with E-state index in [4.69, 9.17) is 9.84 Å². The molecule has 3 aromatic rings. The van der Waals surface area contributed by atoms with Crippen molar-refractivity contribution in [3.8, 4) is 0 Å². The molecule has 0 bridgehead atoms. The van der Waals surface area contributed by atoms with Gasteiger partial charge in [-0.2, -0.15) is 0 Å². The Bertz CT molecular complexity index is 1100. The van der Waals surface area contributed by atoms with Gasteiger partial charge in [0.25, 0.3) is 0 Å². The van der Waals surface area contributed by atoms with Crippen molar-refractivity contribution in [2.24, 2.45) is 0 Å². The van der Waals surface area contributed by atoms with Gasteiger partial charge in [0.1, 0.15) is 6.79 Å². The minimum atomic E-state index is -1.17. The number of para-hydroxylation sites is 1. The minimum absolute atomic E-state index is 0. The molecular weight excluding hydrogens is 420 g/mol. The van der Waals surface area contributed by atoms with E-state index < -0.39 is 10.8 Å². The zero-order chi connectivity index (χ0) is 21.8. The summed E-state index contributed by atoms with van der Waals surface area (Å²) in [5, 5.41) is 12.5. The average molecular weight is 453 g/mol. The Labute approximate surface area is 193 Å². The third kappa shape index (κ3) is 4.79. The Morgan fingerprint density at radius 2 is 1.69 bits per heavy atom. The van der Waals surface area contributed by atoms with Gasteiger partial charge in [-0.25, -0.2) is 4.21 Å². The van der Waals surface area contributed by atoms with E-state index in [9.17, 15) is 4.21 Å². The normalized spacial score (nSPS) is 14.5. The zero-order valence-electron chi connectivity index (χ0n) is 17.9. The average Bonchev–Trinajstić information content (AvgIpc) is 2.80. The Morgan fingerprint density at radius 3 is 2.47 bits per heavy atom. The molecule has 1 aliphatic heterocycles. The van der Waals surface area contributed by atoms with Gasteiger partial charge in [-0.05, 0) is 54.3 Å². The first-order valence-corrected chi connectivity index (χ1v) is 11.6. The molecule has 0 saturated carbocycles. The molecule has 0 amide bonds. The lowest BCUT2D eigenvalue weighted by molar-refractivity contribution is -0.0115. The minimum Gasteiger partial charge on any atom is -0.371 e. The number of aliphatic hydroxyl groups is 1. The molecule has 170 valence electrons. The fourth-order valence-corrected chi connectivity index (χ4v) is 5.45. The maximum Gasteiger partial charge on any atom is 0.144 e. The van der Waals surface area contributed by atoms with Gasteiger partial charge >= 0.3 is 0 Å². The molecule has 1 heterocycles. The third-order valence-corrected chi connectivity index (χ3v) is 7.26. The van der Waals surface area contributed by atoms with Gasteiger partial charge < -0.3 is 20.1 Å². The van der Waals surface area contributed by atoms with Crippen LogP contribution in [0.15, 0.2) is 70.5 Å². The van der Waals surface area contributed by atoms with E-state index in [-0.39, 0.29) is 14.2 Å². The van der Waals surface area contributed by atoms with Gasteiger partial charge in [0.2, 0.25) is 0 Å². The summed E-state index contributed by atoms with van der Waals surface area (Å²) in [4.78, 5) is 4.04. The Balaban J connectivity index is 0.00000289. The smallest absolute Gasteiger partial charge is 0.144 e. The van der Waals surface area contributed by atoms with Crippen molar-refractivity contribution in [2.45, 2.75) is 44.2 Å². The number of benzene rings is 3. The second-order valence-electron chi connectivity index (χ2n) is 7.67.